The molecule has 3 rings (SSSR count). The number of rotatable bonds is 4. The lowest BCUT2D eigenvalue weighted by molar-refractivity contribution is -0.123. The van der Waals surface area contributed by atoms with Gasteiger partial charge in [0.1, 0.15) is 6.04 Å². The average Bonchev–Trinajstić information content (AvgIpc) is 3.02. The molecule has 2 amide bonds. The van der Waals surface area contributed by atoms with Crippen molar-refractivity contribution in [2.24, 2.45) is 0 Å². The predicted molar refractivity (Wildman–Crippen MR) is 86.8 cm³/mol. The summed E-state index contributed by atoms with van der Waals surface area (Å²) < 4.78 is 1.44. The minimum atomic E-state index is -0.726. The van der Waals surface area contributed by atoms with Gasteiger partial charge in [-0.25, -0.2) is 4.68 Å². The van der Waals surface area contributed by atoms with Crippen LogP contribution in [0.15, 0.2) is 18.2 Å². The number of fused-ring (bicyclic) bond motifs is 1. The van der Waals surface area contributed by atoms with Gasteiger partial charge >= 0.3 is 0 Å². The molecule has 0 spiro atoms. The van der Waals surface area contributed by atoms with Gasteiger partial charge < -0.3 is 5.32 Å². The van der Waals surface area contributed by atoms with Gasteiger partial charge in [-0.1, -0.05) is 30.1 Å². The van der Waals surface area contributed by atoms with E-state index in [1.165, 1.54) is 4.68 Å². The zero-order chi connectivity index (χ0) is 16.6. The summed E-state index contributed by atoms with van der Waals surface area (Å²) in [6.45, 7) is 1.91. The summed E-state index contributed by atoms with van der Waals surface area (Å²) in [7, 11) is 0. The first-order valence-electron chi connectivity index (χ1n) is 6.99. The molecule has 23 heavy (non-hydrogen) atoms. The number of nitrogens with zero attached hydrogens (tertiary/aromatic N) is 3. The van der Waals surface area contributed by atoms with Gasteiger partial charge in [0.2, 0.25) is 11.9 Å². The summed E-state index contributed by atoms with van der Waals surface area (Å²) in [5, 5.41) is 10.3. The number of hydrogen-bond acceptors (Lipinski definition) is 4. The van der Waals surface area contributed by atoms with Crippen molar-refractivity contribution in [2.45, 2.75) is 25.8 Å². The van der Waals surface area contributed by atoms with Crippen molar-refractivity contribution in [3.63, 3.8) is 0 Å². The van der Waals surface area contributed by atoms with Crippen molar-refractivity contribution >= 4 is 46.7 Å². The fourth-order valence-electron chi connectivity index (χ4n) is 2.27. The lowest BCUT2D eigenvalue weighted by Gasteiger charge is -2.11. The lowest BCUT2D eigenvalue weighted by Crippen LogP contribution is -2.24. The van der Waals surface area contributed by atoms with Gasteiger partial charge in [-0.15, -0.1) is 0 Å². The van der Waals surface area contributed by atoms with Crippen LogP contribution < -0.4 is 10.6 Å². The highest BCUT2D eigenvalue weighted by molar-refractivity contribution is 6.35. The molecule has 0 saturated heterocycles. The smallest absolute Gasteiger partial charge is 0.252 e. The molecule has 0 radical (unpaired) electrons. The number of anilines is 2. The quantitative estimate of drug-likeness (QED) is 0.884. The summed E-state index contributed by atoms with van der Waals surface area (Å²) in [6, 6.07) is 4.03. The number of carbonyl (C=O) groups is 2. The van der Waals surface area contributed by atoms with Crippen LogP contribution in [-0.4, -0.2) is 26.6 Å². The van der Waals surface area contributed by atoms with Crippen LogP contribution in [0.5, 0.6) is 0 Å². The number of hydrogen-bond donors (Lipinski definition) is 2. The largest absolute Gasteiger partial charge is 0.325 e. The van der Waals surface area contributed by atoms with E-state index >= 15 is 0 Å². The standard InChI is InChI=1S/C14H13Cl2N5O2/c1-2-11-18-14-19-13(23)10(21(14)20-11)6-12(22)17-9-5-7(15)3-4-8(9)16/h3-5,10H,2,6H2,1H3,(H,17,22)(H,18,19,20,23). The first kappa shape index (κ1) is 15.8. The number of aromatic nitrogens is 3. The second-order valence-corrected chi connectivity index (χ2v) is 5.87. The minimum Gasteiger partial charge on any atom is -0.325 e. The molecule has 0 bridgehead atoms. The second-order valence-electron chi connectivity index (χ2n) is 5.03. The van der Waals surface area contributed by atoms with Crippen molar-refractivity contribution in [1.29, 1.82) is 0 Å². The van der Waals surface area contributed by atoms with Crippen LogP contribution in [0.3, 0.4) is 0 Å². The first-order valence-corrected chi connectivity index (χ1v) is 7.74. The summed E-state index contributed by atoms with van der Waals surface area (Å²) in [5.74, 6) is 0.305. The molecule has 0 aliphatic carbocycles. The molecule has 1 aliphatic rings. The summed E-state index contributed by atoms with van der Waals surface area (Å²) in [4.78, 5) is 28.3. The molecule has 9 heteroatoms. The van der Waals surface area contributed by atoms with Gasteiger partial charge in [-0.05, 0) is 18.2 Å². The van der Waals surface area contributed by atoms with Gasteiger partial charge in [-0.2, -0.15) is 10.1 Å². The molecule has 1 atom stereocenters. The van der Waals surface area contributed by atoms with Crippen molar-refractivity contribution in [3.8, 4) is 0 Å². The number of amides is 2. The van der Waals surface area contributed by atoms with Gasteiger partial charge in [0.25, 0.3) is 5.91 Å². The molecule has 1 aromatic heterocycles. The molecule has 2 aromatic rings. The Hall–Kier alpha value is -2.12. The average molecular weight is 354 g/mol. The molecule has 120 valence electrons. The van der Waals surface area contributed by atoms with Crippen LogP contribution in [0.25, 0.3) is 0 Å². The van der Waals surface area contributed by atoms with Gasteiger partial charge in [-0.3, -0.25) is 14.9 Å². The highest BCUT2D eigenvalue weighted by Crippen LogP contribution is 2.28. The van der Waals surface area contributed by atoms with Crippen LogP contribution in [0.4, 0.5) is 11.6 Å². The normalized spacial score (nSPS) is 16.1. The summed E-state index contributed by atoms with van der Waals surface area (Å²) in [6.07, 6.45) is 0.571. The number of halogens is 2. The minimum absolute atomic E-state index is 0.0752. The van der Waals surface area contributed by atoms with E-state index in [9.17, 15) is 9.59 Å². The van der Waals surface area contributed by atoms with Crippen molar-refractivity contribution in [1.82, 2.24) is 14.8 Å². The maximum Gasteiger partial charge on any atom is 0.252 e. The fourth-order valence-corrected chi connectivity index (χ4v) is 2.61. The van der Waals surface area contributed by atoms with E-state index in [0.29, 0.717) is 33.9 Å². The Balaban J connectivity index is 1.74. The topological polar surface area (TPSA) is 88.9 Å². The zero-order valence-electron chi connectivity index (χ0n) is 12.1. The molecule has 7 nitrogen and oxygen atoms in total. The Kier molecular flexibility index (Phi) is 4.23. The highest BCUT2D eigenvalue weighted by atomic mass is 35.5. The van der Waals surface area contributed by atoms with Gasteiger partial charge in [0.05, 0.1) is 17.1 Å². The van der Waals surface area contributed by atoms with Crippen LogP contribution >= 0.6 is 23.2 Å². The third-order valence-corrected chi connectivity index (χ3v) is 3.97. The van der Waals surface area contributed by atoms with Gasteiger partial charge in [0, 0.05) is 11.4 Å². The summed E-state index contributed by atoms with van der Waals surface area (Å²) >= 11 is 11.9. The Morgan fingerprint density at radius 3 is 2.96 bits per heavy atom. The van der Waals surface area contributed by atoms with Crippen LogP contribution in [0.2, 0.25) is 10.0 Å². The maximum atomic E-state index is 12.2. The molecule has 1 aromatic carbocycles. The third-order valence-electron chi connectivity index (χ3n) is 3.41. The van der Waals surface area contributed by atoms with Crippen LogP contribution in [-0.2, 0) is 16.0 Å². The fraction of sp³-hybridized carbons (Fsp3) is 0.286. The van der Waals surface area contributed by atoms with Crippen LogP contribution in [0, 0.1) is 0 Å². The zero-order valence-corrected chi connectivity index (χ0v) is 13.6. The van der Waals surface area contributed by atoms with E-state index in [-0.39, 0.29) is 18.2 Å². The van der Waals surface area contributed by atoms with Crippen molar-refractivity contribution in [2.75, 3.05) is 10.6 Å². The molecular weight excluding hydrogens is 341 g/mol. The van der Waals surface area contributed by atoms with E-state index in [1.807, 2.05) is 6.92 Å². The Bertz CT molecular complexity index is 789. The predicted octanol–water partition coefficient (Wildman–Crippen LogP) is 2.67. The number of nitrogens with one attached hydrogen (secondary N) is 2. The highest BCUT2D eigenvalue weighted by Gasteiger charge is 2.34. The summed E-state index contributed by atoms with van der Waals surface area (Å²) in [5.41, 5.74) is 0.399. The molecule has 2 heterocycles. The molecule has 2 N–H and O–H groups in total. The molecule has 1 unspecified atom stereocenters. The number of aryl methyl sites for hydroxylation is 1. The first-order chi connectivity index (χ1) is 11.0. The van der Waals surface area contributed by atoms with E-state index in [0.717, 1.165) is 0 Å². The lowest BCUT2D eigenvalue weighted by atomic mass is 10.2. The molecular formula is C14H13Cl2N5O2. The van der Waals surface area contributed by atoms with E-state index in [4.69, 9.17) is 23.2 Å². The van der Waals surface area contributed by atoms with Crippen molar-refractivity contribution < 1.29 is 9.59 Å². The van der Waals surface area contributed by atoms with Crippen molar-refractivity contribution in [3.05, 3.63) is 34.1 Å². The maximum absolute atomic E-state index is 12.2. The van der Waals surface area contributed by atoms with Gasteiger partial charge in [0.15, 0.2) is 5.82 Å². The number of carbonyl (C=O) groups excluding carboxylic acids is 2. The molecule has 1 aliphatic heterocycles. The van der Waals surface area contributed by atoms with Crippen LogP contribution in [0.1, 0.15) is 25.2 Å². The van der Waals surface area contributed by atoms with E-state index < -0.39 is 6.04 Å². The SMILES string of the molecule is CCc1nc2n(n1)C(CC(=O)Nc1cc(Cl)ccc1Cl)C(=O)N2. The Morgan fingerprint density at radius 1 is 1.43 bits per heavy atom. The Morgan fingerprint density at radius 2 is 2.22 bits per heavy atom. The number of benzene rings is 1. The Labute approximate surface area is 142 Å². The van der Waals surface area contributed by atoms with E-state index in [1.54, 1.807) is 18.2 Å². The molecule has 0 fully saturated rings. The monoisotopic (exact) mass is 353 g/mol. The molecule has 0 saturated carbocycles. The second kappa shape index (κ2) is 6.17. The van der Waals surface area contributed by atoms with E-state index in [2.05, 4.69) is 20.7 Å². The third kappa shape index (κ3) is 3.16.